The van der Waals surface area contributed by atoms with Crippen molar-refractivity contribution in [3.8, 4) is 22.6 Å². The molecule has 5 nitrogen and oxygen atoms in total. The van der Waals surface area contributed by atoms with E-state index >= 15 is 0 Å². The first kappa shape index (κ1) is 18.1. The van der Waals surface area contributed by atoms with Crippen molar-refractivity contribution in [3.63, 3.8) is 0 Å². The molecule has 1 aromatic rings. The fourth-order valence-corrected chi connectivity index (χ4v) is 3.40. The summed E-state index contributed by atoms with van der Waals surface area (Å²) < 4.78 is 7.37. The summed E-state index contributed by atoms with van der Waals surface area (Å²) >= 11 is 12.6. The molecular formula is C18H20Cl2N4O. The van der Waals surface area contributed by atoms with Crippen LogP contribution in [0.1, 0.15) is 26.0 Å². The van der Waals surface area contributed by atoms with Crippen molar-refractivity contribution in [1.82, 2.24) is 19.7 Å². The summed E-state index contributed by atoms with van der Waals surface area (Å²) in [6, 6.07) is 5.51. The number of fused-ring (bicyclic) bond motifs is 1. The molecule has 1 atom stereocenters. The average molecular weight is 379 g/mol. The molecule has 0 saturated carbocycles. The highest BCUT2D eigenvalue weighted by molar-refractivity contribution is 6.36. The molecule has 2 aliphatic rings. The minimum Gasteiger partial charge on any atom is -0.382 e. The van der Waals surface area contributed by atoms with E-state index in [4.69, 9.17) is 27.9 Å². The molecule has 0 bridgehead atoms. The molecule has 25 heavy (non-hydrogen) atoms. The third-order valence-corrected chi connectivity index (χ3v) is 4.87. The molecule has 2 heterocycles. The van der Waals surface area contributed by atoms with Gasteiger partial charge >= 0.3 is 0 Å². The Labute approximate surface area is 157 Å². The zero-order chi connectivity index (χ0) is 18.0. The number of imidazole rings is 1. The summed E-state index contributed by atoms with van der Waals surface area (Å²) in [5.74, 6) is 0.617. The van der Waals surface area contributed by atoms with Crippen LogP contribution in [0, 0.1) is 0 Å². The molecule has 0 aliphatic carbocycles. The van der Waals surface area contributed by atoms with Gasteiger partial charge in [-0.05, 0) is 38.8 Å². The van der Waals surface area contributed by atoms with E-state index < -0.39 is 0 Å². The van der Waals surface area contributed by atoms with Gasteiger partial charge in [-0.25, -0.2) is 9.97 Å². The quantitative estimate of drug-likeness (QED) is 0.621. The number of nitrogens with zero attached hydrogens (tertiary/aromatic N) is 4. The summed E-state index contributed by atoms with van der Waals surface area (Å²) in [5, 5.41) is 5.82. The van der Waals surface area contributed by atoms with Crippen LogP contribution in [0.25, 0.3) is 22.6 Å². The highest BCUT2D eigenvalue weighted by Crippen LogP contribution is 2.38. The Kier molecular flexibility index (Phi) is 5.57. The molecule has 2 aliphatic heterocycles. The van der Waals surface area contributed by atoms with Gasteiger partial charge in [-0.2, -0.15) is 5.10 Å². The van der Waals surface area contributed by atoms with Crippen molar-refractivity contribution in [2.24, 2.45) is 0 Å². The van der Waals surface area contributed by atoms with Gasteiger partial charge in [-0.15, -0.1) is 0 Å². The molecular weight excluding hydrogens is 359 g/mol. The van der Waals surface area contributed by atoms with Crippen LogP contribution in [0.5, 0.6) is 0 Å². The number of hydrogen-bond acceptors (Lipinski definition) is 4. The van der Waals surface area contributed by atoms with E-state index in [1.807, 2.05) is 16.8 Å². The lowest BCUT2D eigenvalue weighted by Gasteiger charge is -2.20. The molecule has 132 valence electrons. The van der Waals surface area contributed by atoms with Gasteiger partial charge in [0.05, 0.1) is 11.1 Å². The minimum atomic E-state index is 0.153. The van der Waals surface area contributed by atoms with Crippen LogP contribution in [0.15, 0.2) is 24.5 Å². The first-order valence-corrected chi connectivity index (χ1v) is 8.99. The van der Waals surface area contributed by atoms with E-state index in [1.165, 1.54) is 6.33 Å². The molecule has 1 unspecified atom stereocenters. The average Bonchev–Trinajstić information content (AvgIpc) is 3.07. The molecule has 0 radical (unpaired) electrons. The van der Waals surface area contributed by atoms with Crippen LogP contribution in [-0.2, 0) is 17.7 Å². The van der Waals surface area contributed by atoms with Crippen molar-refractivity contribution in [3.05, 3.63) is 40.3 Å². The van der Waals surface area contributed by atoms with Crippen molar-refractivity contribution in [2.75, 3.05) is 7.11 Å². The Morgan fingerprint density at radius 3 is 2.72 bits per heavy atom. The highest BCUT2D eigenvalue weighted by Gasteiger charge is 2.23. The number of hydrogen-bond donors (Lipinski definition) is 0. The predicted octanol–water partition coefficient (Wildman–Crippen LogP) is 4.74. The largest absolute Gasteiger partial charge is 0.382 e. The molecule has 0 saturated heterocycles. The molecule has 0 aromatic heterocycles. The Bertz CT molecular complexity index is 849. The van der Waals surface area contributed by atoms with E-state index in [0.29, 0.717) is 15.9 Å². The SMILES string of the molecule is CCn1nc2ncnc-2c(-c2ccc(Cl)cc2Cl)c1CCC(C)OC. The molecule has 0 spiro atoms. The van der Waals surface area contributed by atoms with Gasteiger partial charge in [0.2, 0.25) is 0 Å². The maximum absolute atomic E-state index is 6.50. The second kappa shape index (κ2) is 7.68. The zero-order valence-corrected chi connectivity index (χ0v) is 16.0. The van der Waals surface area contributed by atoms with Crippen LogP contribution >= 0.6 is 23.2 Å². The molecule has 1 aromatic carbocycles. The van der Waals surface area contributed by atoms with Gasteiger partial charge < -0.3 is 4.74 Å². The summed E-state index contributed by atoms with van der Waals surface area (Å²) in [6.45, 7) is 4.85. The van der Waals surface area contributed by atoms with Gasteiger partial charge in [-0.1, -0.05) is 29.3 Å². The van der Waals surface area contributed by atoms with E-state index in [0.717, 1.165) is 41.9 Å². The van der Waals surface area contributed by atoms with Crippen molar-refractivity contribution >= 4 is 23.2 Å². The number of halogens is 2. The van der Waals surface area contributed by atoms with Gasteiger partial charge in [0, 0.05) is 35.5 Å². The lowest BCUT2D eigenvalue weighted by Crippen LogP contribution is -2.16. The number of ether oxygens (including phenoxy) is 1. The van der Waals surface area contributed by atoms with Crippen LogP contribution in [0.3, 0.4) is 0 Å². The smallest absolute Gasteiger partial charge is 0.200 e. The Morgan fingerprint density at radius 1 is 1.24 bits per heavy atom. The predicted molar refractivity (Wildman–Crippen MR) is 100 cm³/mol. The number of benzene rings is 1. The molecule has 0 fully saturated rings. The third-order valence-electron chi connectivity index (χ3n) is 4.32. The summed E-state index contributed by atoms with van der Waals surface area (Å²) in [7, 11) is 1.72. The second-order valence-electron chi connectivity index (χ2n) is 5.89. The second-order valence-corrected chi connectivity index (χ2v) is 6.74. The molecule has 7 heteroatoms. The van der Waals surface area contributed by atoms with E-state index in [2.05, 4.69) is 28.9 Å². The van der Waals surface area contributed by atoms with E-state index in [-0.39, 0.29) is 6.10 Å². The highest BCUT2D eigenvalue weighted by atomic mass is 35.5. The lowest BCUT2D eigenvalue weighted by molar-refractivity contribution is 0.111. The number of rotatable bonds is 6. The van der Waals surface area contributed by atoms with Crippen molar-refractivity contribution in [1.29, 1.82) is 0 Å². The Balaban J connectivity index is 2.21. The fourth-order valence-electron chi connectivity index (χ4n) is 2.90. The summed E-state index contributed by atoms with van der Waals surface area (Å²) in [5.41, 5.74) is 3.69. The standard InChI is InChI=1S/C18H20Cl2N4O/c1-4-24-15(8-5-11(2)25-3)16(17-18(23-24)22-10-21-17)13-7-6-12(19)9-14(13)20/h6-7,9-11H,4-5,8H2,1-3H3. The lowest BCUT2D eigenvalue weighted by atomic mass is 9.97. The van der Waals surface area contributed by atoms with Gasteiger partial charge in [-0.3, -0.25) is 4.68 Å². The minimum absolute atomic E-state index is 0.153. The molecule has 0 N–H and O–H groups in total. The number of aryl methyl sites for hydroxylation is 1. The van der Waals surface area contributed by atoms with Crippen molar-refractivity contribution < 1.29 is 4.74 Å². The van der Waals surface area contributed by atoms with E-state index in [9.17, 15) is 0 Å². The maximum atomic E-state index is 6.50. The maximum Gasteiger partial charge on any atom is 0.200 e. The molecule has 0 amide bonds. The number of aromatic nitrogens is 4. The van der Waals surface area contributed by atoms with Crippen LogP contribution in [0.2, 0.25) is 10.0 Å². The van der Waals surface area contributed by atoms with Gasteiger partial charge in [0.1, 0.15) is 12.0 Å². The van der Waals surface area contributed by atoms with Gasteiger partial charge in [0.25, 0.3) is 0 Å². The zero-order valence-electron chi connectivity index (χ0n) is 14.5. The first-order chi connectivity index (χ1) is 12.0. The van der Waals surface area contributed by atoms with Crippen LogP contribution in [-0.4, -0.2) is 33.0 Å². The third kappa shape index (κ3) is 3.64. The number of methoxy groups -OCH3 is 1. The molecule has 3 rings (SSSR count). The van der Waals surface area contributed by atoms with E-state index in [1.54, 1.807) is 13.2 Å². The van der Waals surface area contributed by atoms with Crippen LogP contribution in [0.4, 0.5) is 0 Å². The topological polar surface area (TPSA) is 52.8 Å². The summed E-state index contributed by atoms with van der Waals surface area (Å²) in [6.07, 6.45) is 3.36. The van der Waals surface area contributed by atoms with Crippen molar-refractivity contribution in [2.45, 2.75) is 39.3 Å². The Morgan fingerprint density at radius 2 is 2.04 bits per heavy atom. The Hall–Kier alpha value is -1.69. The monoisotopic (exact) mass is 378 g/mol. The summed E-state index contributed by atoms with van der Waals surface area (Å²) in [4.78, 5) is 8.71. The van der Waals surface area contributed by atoms with Gasteiger partial charge in [0.15, 0.2) is 5.82 Å². The first-order valence-electron chi connectivity index (χ1n) is 8.23. The van der Waals surface area contributed by atoms with Crippen LogP contribution < -0.4 is 0 Å². The fraction of sp³-hybridized carbons (Fsp3) is 0.389. The normalized spacial score (nSPS) is 12.7.